The summed E-state index contributed by atoms with van der Waals surface area (Å²) in [5.74, 6) is -2.59. The Labute approximate surface area is 249 Å². The van der Waals surface area contributed by atoms with E-state index in [1.165, 1.54) is 10.9 Å². The van der Waals surface area contributed by atoms with Crippen LogP contribution in [0.3, 0.4) is 0 Å². The third-order valence-electron chi connectivity index (χ3n) is 7.21. The summed E-state index contributed by atoms with van der Waals surface area (Å²) in [7, 11) is -11.0. The van der Waals surface area contributed by atoms with E-state index in [1.54, 1.807) is 0 Å². The predicted molar refractivity (Wildman–Crippen MR) is 144 cm³/mol. The van der Waals surface area contributed by atoms with Gasteiger partial charge in [0.15, 0.2) is 41.2 Å². The number of nitrogens with two attached hydrogens (primary N) is 2. The van der Waals surface area contributed by atoms with E-state index in [0.717, 1.165) is 23.5 Å². The van der Waals surface area contributed by atoms with Gasteiger partial charge in [0.2, 0.25) is 0 Å². The molecule has 23 nitrogen and oxygen atoms in total. The van der Waals surface area contributed by atoms with Gasteiger partial charge in [0.1, 0.15) is 60.3 Å². The molecule has 4 aromatic heterocycles. The summed E-state index contributed by atoms with van der Waals surface area (Å²) in [5.41, 5.74) is 12.0. The molecule has 11 N–H and O–H groups in total. The van der Waals surface area contributed by atoms with Crippen molar-refractivity contribution in [3.05, 3.63) is 25.3 Å². The predicted octanol–water partition coefficient (Wildman–Crippen LogP) is -3.29. The monoisotopic (exact) mass is 676 g/mol. The van der Waals surface area contributed by atoms with E-state index in [1.807, 2.05) is 0 Å². The molecule has 10 atom stereocenters. The largest absolute Gasteiger partial charge is 0.470 e. The highest BCUT2D eigenvalue weighted by Crippen LogP contribution is 2.58. The molecule has 0 spiro atoms. The number of fused-ring (bicyclic) bond motifs is 2. The topological polar surface area (TPSA) is 352 Å². The highest BCUT2D eigenvalue weighted by atomic mass is 31.2. The lowest BCUT2D eigenvalue weighted by atomic mass is 10.1. The van der Waals surface area contributed by atoms with Crippen LogP contribution in [-0.4, -0.2) is 123 Å². The fourth-order valence-corrected chi connectivity index (χ4v) is 7.43. The highest BCUT2D eigenvalue weighted by molar-refractivity contribution is 7.54. The minimum atomic E-state index is -5.58. The van der Waals surface area contributed by atoms with E-state index >= 15 is 0 Å². The van der Waals surface area contributed by atoms with Gasteiger partial charge in [-0.1, -0.05) is 0 Å². The molecule has 6 rings (SSSR count). The third kappa shape index (κ3) is 5.67. The minimum absolute atomic E-state index is 0.0263. The van der Waals surface area contributed by atoms with Gasteiger partial charge in [-0.3, -0.25) is 18.2 Å². The van der Waals surface area contributed by atoms with Crippen molar-refractivity contribution in [1.29, 1.82) is 0 Å². The lowest BCUT2D eigenvalue weighted by Crippen LogP contribution is -2.40. The van der Waals surface area contributed by atoms with Crippen LogP contribution in [0.5, 0.6) is 0 Å². The Morgan fingerprint density at radius 1 is 0.778 bits per heavy atom. The molecular formula is C20H26N10O13P2. The molecule has 6 heterocycles. The van der Waals surface area contributed by atoms with Crippen molar-refractivity contribution in [2.24, 2.45) is 0 Å². The number of hydrogen-bond donors (Lipinski definition) is 9. The Balaban J connectivity index is 1.22. The molecule has 0 radical (unpaired) electrons. The Kier molecular flexibility index (Phi) is 8.10. The van der Waals surface area contributed by atoms with Crippen molar-refractivity contribution in [1.82, 2.24) is 39.0 Å². The summed E-state index contributed by atoms with van der Waals surface area (Å²) in [6, 6.07) is 0. The van der Waals surface area contributed by atoms with Crippen LogP contribution < -0.4 is 11.5 Å². The van der Waals surface area contributed by atoms with Crippen LogP contribution in [0, 0.1) is 0 Å². The van der Waals surface area contributed by atoms with Crippen molar-refractivity contribution < 1.29 is 62.8 Å². The van der Waals surface area contributed by atoms with Gasteiger partial charge in [0.25, 0.3) is 0 Å². The number of hydrogen-bond acceptors (Lipinski definition) is 18. The number of ether oxygens (including phenoxy) is 2. The van der Waals surface area contributed by atoms with Gasteiger partial charge in [-0.05, 0) is 0 Å². The molecule has 4 aromatic rings. The first-order valence-electron chi connectivity index (χ1n) is 12.8. The van der Waals surface area contributed by atoms with Crippen molar-refractivity contribution in [3.63, 3.8) is 0 Å². The molecule has 2 saturated heterocycles. The highest BCUT2D eigenvalue weighted by Gasteiger charge is 2.56. The smallest absolute Gasteiger partial charge is 0.387 e. The zero-order valence-electron chi connectivity index (χ0n) is 22.4. The SMILES string of the molecule is Nc1ncnc2c1ncn2[C@@H]1O[C@H](C(OP(=O)(O)O)P(=O)(O)OC[C@H]2O[C@@H](n3cnc4c(N)ncnc43)[C@H](O)[C@@H]2O)[C@@H](O)[C@H]1O. The summed E-state index contributed by atoms with van der Waals surface area (Å²) >= 11 is 0. The number of aromatic nitrogens is 8. The first-order valence-corrected chi connectivity index (χ1v) is 16.0. The number of phosphoric ester groups is 1. The zero-order valence-corrected chi connectivity index (χ0v) is 24.2. The molecule has 244 valence electrons. The average Bonchev–Trinajstić information content (AvgIpc) is 3.73. The second-order valence-corrected chi connectivity index (χ2v) is 13.1. The van der Waals surface area contributed by atoms with Gasteiger partial charge in [0, 0.05) is 0 Å². The number of anilines is 2. The second kappa shape index (κ2) is 11.5. The molecule has 2 aliphatic rings. The van der Waals surface area contributed by atoms with Crippen LogP contribution in [0.15, 0.2) is 25.3 Å². The summed E-state index contributed by atoms with van der Waals surface area (Å²) in [4.78, 5) is 53.6. The maximum absolute atomic E-state index is 13.4. The number of imidazole rings is 2. The standard InChI is InChI=1S/C20H26N10O13P2/c21-14-7-16(25-2-23-14)29(4-27-7)18-11(33)9(31)6(41-18)1-40-44(35,36)20(43-45(37,38)39)13-10(32)12(34)19(42-13)30-5-28-8-15(22)24-3-26-17(8)30/h2-6,9-13,18-20,31-34H,1H2,(H,35,36)(H2,21,23,25)(H2,22,24,26)(H2,37,38,39)/t6-,9-,10+,11-,12-,13+,18-,19-,20?/m1/s1. The van der Waals surface area contributed by atoms with E-state index in [4.69, 9.17) is 25.5 Å². The molecule has 2 aliphatic heterocycles. The number of rotatable bonds is 9. The number of phosphoric acid groups is 1. The summed E-state index contributed by atoms with van der Waals surface area (Å²) in [5, 5.41) is 42.8. The van der Waals surface area contributed by atoms with E-state index in [2.05, 4.69) is 34.4 Å². The Morgan fingerprint density at radius 2 is 1.29 bits per heavy atom. The Morgan fingerprint density at radius 3 is 1.82 bits per heavy atom. The van der Waals surface area contributed by atoms with Gasteiger partial charge in [-0.15, -0.1) is 0 Å². The number of aliphatic hydroxyl groups is 4. The van der Waals surface area contributed by atoms with Crippen LogP contribution in [0.25, 0.3) is 22.3 Å². The molecule has 0 bridgehead atoms. The Bertz CT molecular complexity index is 1820. The van der Waals surface area contributed by atoms with Crippen molar-refractivity contribution in [2.75, 3.05) is 18.1 Å². The summed E-state index contributed by atoms with van der Waals surface area (Å²) in [6.07, 6.45) is -9.20. The van der Waals surface area contributed by atoms with Crippen molar-refractivity contribution in [3.8, 4) is 0 Å². The molecule has 2 fully saturated rings. The fourth-order valence-electron chi connectivity index (χ4n) is 5.06. The first kappa shape index (κ1) is 31.7. The van der Waals surface area contributed by atoms with Crippen molar-refractivity contribution in [2.45, 2.75) is 54.9 Å². The summed E-state index contributed by atoms with van der Waals surface area (Å²) in [6.45, 7) is -0.940. The zero-order chi connectivity index (χ0) is 32.4. The molecule has 0 aliphatic carbocycles. The maximum atomic E-state index is 13.4. The van der Waals surface area contributed by atoms with E-state index in [0.29, 0.717) is 0 Å². The van der Waals surface area contributed by atoms with Crippen LogP contribution in [-0.2, 0) is 27.7 Å². The van der Waals surface area contributed by atoms with Crippen LogP contribution in [0.2, 0.25) is 0 Å². The minimum Gasteiger partial charge on any atom is -0.387 e. The first-order chi connectivity index (χ1) is 21.2. The van der Waals surface area contributed by atoms with Crippen LogP contribution >= 0.6 is 15.4 Å². The Hall–Kier alpha value is -3.28. The quantitative estimate of drug-likeness (QED) is 0.0784. The van der Waals surface area contributed by atoms with Gasteiger partial charge >= 0.3 is 15.4 Å². The number of nitrogen functional groups attached to an aromatic ring is 2. The molecule has 45 heavy (non-hydrogen) atoms. The van der Waals surface area contributed by atoms with Crippen LogP contribution in [0.1, 0.15) is 12.5 Å². The summed E-state index contributed by atoms with van der Waals surface area (Å²) < 4.78 is 48.5. The van der Waals surface area contributed by atoms with Gasteiger partial charge in [-0.25, -0.2) is 34.5 Å². The number of nitrogens with zero attached hydrogens (tertiary/aromatic N) is 8. The van der Waals surface area contributed by atoms with E-state index < -0.39 is 76.9 Å². The molecular weight excluding hydrogens is 650 g/mol. The van der Waals surface area contributed by atoms with Crippen molar-refractivity contribution >= 4 is 49.4 Å². The average molecular weight is 676 g/mol. The maximum Gasteiger partial charge on any atom is 0.470 e. The van der Waals surface area contributed by atoms with Gasteiger partial charge in [-0.2, -0.15) is 0 Å². The third-order valence-corrected chi connectivity index (χ3v) is 9.44. The number of aliphatic hydroxyl groups excluding tert-OH is 4. The van der Waals surface area contributed by atoms with Gasteiger partial charge in [0.05, 0.1) is 19.3 Å². The normalized spacial score (nSPS) is 31.1. The molecule has 25 heteroatoms. The molecule has 0 amide bonds. The molecule has 0 saturated carbocycles. The van der Waals surface area contributed by atoms with E-state index in [-0.39, 0.29) is 34.0 Å². The molecule has 2 unspecified atom stereocenters. The lowest BCUT2D eigenvalue weighted by Gasteiger charge is -2.29. The van der Waals surface area contributed by atoms with Crippen LogP contribution in [0.4, 0.5) is 11.6 Å². The van der Waals surface area contributed by atoms with Gasteiger partial charge < -0.3 is 60.6 Å². The lowest BCUT2D eigenvalue weighted by molar-refractivity contribution is -0.0708. The fraction of sp³-hybridized carbons (Fsp3) is 0.500. The second-order valence-electron chi connectivity index (χ2n) is 10.0. The molecule has 0 aromatic carbocycles. The van der Waals surface area contributed by atoms with E-state index in [9.17, 15) is 44.2 Å².